The predicted molar refractivity (Wildman–Crippen MR) is 104 cm³/mol. The van der Waals surface area contributed by atoms with Crippen molar-refractivity contribution in [2.45, 2.75) is 64.8 Å². The Morgan fingerprint density at radius 1 is 0.760 bits per heavy atom. The summed E-state index contributed by atoms with van der Waals surface area (Å²) in [5, 5.41) is 1.22. The zero-order chi connectivity index (χ0) is 17.2. The molecule has 1 aromatic carbocycles. The third kappa shape index (κ3) is 8.44. The maximum Gasteiger partial charge on any atom is 0.173 e. The molecular weight excluding hydrogens is 373 g/mol. The van der Waals surface area contributed by atoms with Crippen molar-refractivity contribution in [2.24, 2.45) is 0 Å². The molecule has 0 aliphatic rings. The van der Waals surface area contributed by atoms with Gasteiger partial charge in [0.25, 0.3) is 0 Å². The van der Waals surface area contributed by atoms with Crippen LogP contribution in [0.4, 0.5) is 0 Å². The lowest BCUT2D eigenvalue weighted by Crippen LogP contribution is -3.00. The number of aromatic nitrogens is 1. The number of benzene rings is 1. The molecule has 0 aliphatic heterocycles. The molecule has 0 radical (unpaired) electrons. The summed E-state index contributed by atoms with van der Waals surface area (Å²) in [7, 11) is 0. The molecule has 25 heavy (non-hydrogen) atoms. The van der Waals surface area contributed by atoms with Gasteiger partial charge in [-0.1, -0.05) is 74.7 Å². The molecule has 1 nitrogen and oxygen atoms in total. The quantitative estimate of drug-likeness (QED) is 0.423. The second kappa shape index (κ2) is 12.6. The van der Waals surface area contributed by atoms with Crippen LogP contribution in [0.25, 0.3) is 0 Å². The van der Waals surface area contributed by atoms with Gasteiger partial charge in [-0.3, -0.25) is 0 Å². The molecule has 1 aromatic heterocycles. The SMILES string of the molecule is CCCCCCCCCc1cc[n+](Cc2ccc(Cl)c(Cl)c2)cc1.[Cl-]. The van der Waals surface area contributed by atoms with Gasteiger partial charge in [-0.05, 0) is 30.5 Å². The Balaban J connectivity index is 0.00000312. The van der Waals surface area contributed by atoms with Gasteiger partial charge in [0.15, 0.2) is 18.9 Å². The number of hydrogen-bond acceptors (Lipinski definition) is 0. The Labute approximate surface area is 168 Å². The molecule has 0 saturated carbocycles. The molecule has 0 atom stereocenters. The van der Waals surface area contributed by atoms with Crippen molar-refractivity contribution in [3.63, 3.8) is 0 Å². The number of halogens is 3. The van der Waals surface area contributed by atoms with E-state index < -0.39 is 0 Å². The fourth-order valence-corrected chi connectivity index (χ4v) is 3.22. The van der Waals surface area contributed by atoms with Crippen LogP contribution in [0.15, 0.2) is 42.7 Å². The first-order valence-corrected chi connectivity index (χ1v) is 9.86. The zero-order valence-electron chi connectivity index (χ0n) is 15.0. The Kier molecular flexibility index (Phi) is 11.2. The summed E-state index contributed by atoms with van der Waals surface area (Å²) in [6.45, 7) is 3.08. The van der Waals surface area contributed by atoms with E-state index in [0.29, 0.717) is 10.0 Å². The summed E-state index contributed by atoms with van der Waals surface area (Å²) in [6, 6.07) is 10.3. The number of nitrogens with zero attached hydrogens (tertiary/aromatic N) is 1. The van der Waals surface area contributed by atoms with Gasteiger partial charge in [0.05, 0.1) is 10.0 Å². The maximum atomic E-state index is 6.07. The Morgan fingerprint density at radius 3 is 2.04 bits per heavy atom. The Hall–Kier alpha value is -0.760. The lowest BCUT2D eigenvalue weighted by molar-refractivity contribution is -0.688. The molecule has 2 rings (SSSR count). The summed E-state index contributed by atoms with van der Waals surface area (Å²) < 4.78 is 2.17. The minimum atomic E-state index is 0. The summed E-state index contributed by atoms with van der Waals surface area (Å²) in [6.07, 6.45) is 15.0. The molecule has 0 saturated heterocycles. The molecule has 1 heterocycles. The number of aryl methyl sites for hydroxylation is 1. The van der Waals surface area contributed by atoms with Gasteiger partial charge in [0.1, 0.15) is 0 Å². The average Bonchev–Trinajstić information content (AvgIpc) is 2.59. The van der Waals surface area contributed by atoms with E-state index in [0.717, 1.165) is 12.1 Å². The van der Waals surface area contributed by atoms with Gasteiger partial charge in [0.2, 0.25) is 0 Å². The second-order valence-corrected chi connectivity index (χ2v) is 7.31. The van der Waals surface area contributed by atoms with Crippen LogP contribution in [0, 0.1) is 0 Å². The molecule has 0 spiro atoms. The van der Waals surface area contributed by atoms with Crippen LogP contribution in [-0.4, -0.2) is 0 Å². The van der Waals surface area contributed by atoms with E-state index in [1.54, 1.807) is 0 Å². The van der Waals surface area contributed by atoms with Gasteiger partial charge in [-0.2, -0.15) is 0 Å². The standard InChI is InChI=1S/C21H28Cl2N.ClH/c1-2-3-4-5-6-7-8-9-18-12-14-24(15-13-18)17-19-10-11-20(22)21(23)16-19;/h10-16H,2-9,17H2,1H3;1H/q+1;/p-1. The van der Waals surface area contributed by atoms with Gasteiger partial charge in [-0.25, -0.2) is 4.57 Å². The third-order valence-corrected chi connectivity index (χ3v) is 5.12. The van der Waals surface area contributed by atoms with Crippen molar-refractivity contribution >= 4 is 23.2 Å². The van der Waals surface area contributed by atoms with Crippen LogP contribution in [0.3, 0.4) is 0 Å². The van der Waals surface area contributed by atoms with Crippen molar-refractivity contribution in [1.29, 1.82) is 0 Å². The molecule has 0 amide bonds. The summed E-state index contributed by atoms with van der Waals surface area (Å²) in [5.41, 5.74) is 2.59. The highest BCUT2D eigenvalue weighted by atomic mass is 35.5. The Bertz CT molecular complexity index is 611. The normalized spacial score (nSPS) is 10.5. The Morgan fingerprint density at radius 2 is 1.40 bits per heavy atom. The third-order valence-electron chi connectivity index (χ3n) is 4.38. The molecule has 0 fully saturated rings. The first-order chi connectivity index (χ1) is 11.7. The van der Waals surface area contributed by atoms with Crippen molar-refractivity contribution in [3.05, 3.63) is 63.9 Å². The lowest BCUT2D eigenvalue weighted by atomic mass is 10.1. The number of hydrogen-bond donors (Lipinski definition) is 0. The molecule has 0 N–H and O–H groups in total. The van der Waals surface area contributed by atoms with Gasteiger partial charge in [-0.15, -0.1) is 0 Å². The van der Waals surface area contributed by atoms with Gasteiger partial charge < -0.3 is 12.4 Å². The fourth-order valence-electron chi connectivity index (χ4n) is 2.90. The van der Waals surface area contributed by atoms with Crippen molar-refractivity contribution < 1.29 is 17.0 Å². The van der Waals surface area contributed by atoms with Crippen LogP contribution in [0.2, 0.25) is 10.0 Å². The fraction of sp³-hybridized carbons (Fsp3) is 0.476. The highest BCUT2D eigenvalue weighted by Crippen LogP contribution is 2.22. The molecule has 4 heteroatoms. The topological polar surface area (TPSA) is 3.88 Å². The number of rotatable bonds is 10. The molecular formula is C21H28Cl3N. The minimum absolute atomic E-state index is 0. The smallest absolute Gasteiger partial charge is 0.173 e. The lowest BCUT2D eigenvalue weighted by Gasteiger charge is -2.03. The molecule has 2 aromatic rings. The average molecular weight is 401 g/mol. The monoisotopic (exact) mass is 399 g/mol. The minimum Gasteiger partial charge on any atom is -1.00 e. The largest absolute Gasteiger partial charge is 1.00 e. The molecule has 0 aliphatic carbocycles. The van der Waals surface area contributed by atoms with Crippen LogP contribution in [0.1, 0.15) is 63.0 Å². The van der Waals surface area contributed by atoms with E-state index in [9.17, 15) is 0 Å². The van der Waals surface area contributed by atoms with E-state index in [-0.39, 0.29) is 12.4 Å². The van der Waals surface area contributed by atoms with Crippen molar-refractivity contribution in [3.8, 4) is 0 Å². The molecule has 138 valence electrons. The first kappa shape index (κ1) is 22.3. The maximum absolute atomic E-state index is 6.07. The summed E-state index contributed by atoms with van der Waals surface area (Å²) >= 11 is 12.0. The van der Waals surface area contributed by atoms with Crippen LogP contribution in [0.5, 0.6) is 0 Å². The predicted octanol–water partition coefficient (Wildman–Crippen LogP) is 3.63. The summed E-state index contributed by atoms with van der Waals surface area (Å²) in [4.78, 5) is 0. The number of unbranched alkanes of at least 4 members (excludes halogenated alkanes) is 6. The first-order valence-electron chi connectivity index (χ1n) is 9.11. The van der Waals surface area contributed by atoms with Crippen LogP contribution in [-0.2, 0) is 13.0 Å². The van der Waals surface area contributed by atoms with Gasteiger partial charge >= 0.3 is 0 Å². The van der Waals surface area contributed by atoms with E-state index in [1.807, 2.05) is 18.2 Å². The molecule has 0 unspecified atom stereocenters. The van der Waals surface area contributed by atoms with Crippen molar-refractivity contribution in [1.82, 2.24) is 0 Å². The van der Waals surface area contributed by atoms with Crippen LogP contribution >= 0.6 is 23.2 Å². The van der Waals surface area contributed by atoms with E-state index in [2.05, 4.69) is 36.0 Å². The van der Waals surface area contributed by atoms with E-state index in [4.69, 9.17) is 23.2 Å². The zero-order valence-corrected chi connectivity index (χ0v) is 17.3. The highest BCUT2D eigenvalue weighted by molar-refractivity contribution is 6.42. The van der Waals surface area contributed by atoms with E-state index in [1.165, 1.54) is 56.9 Å². The molecule has 0 bridgehead atoms. The number of pyridine rings is 1. The van der Waals surface area contributed by atoms with E-state index >= 15 is 0 Å². The van der Waals surface area contributed by atoms with Crippen molar-refractivity contribution in [2.75, 3.05) is 0 Å². The van der Waals surface area contributed by atoms with Gasteiger partial charge in [0, 0.05) is 17.7 Å². The highest BCUT2D eigenvalue weighted by Gasteiger charge is 2.06. The summed E-state index contributed by atoms with van der Waals surface area (Å²) in [5.74, 6) is 0. The second-order valence-electron chi connectivity index (χ2n) is 6.50. The van der Waals surface area contributed by atoms with Crippen LogP contribution < -0.4 is 17.0 Å².